The molecule has 6 heteroatoms. The predicted octanol–water partition coefficient (Wildman–Crippen LogP) is 2.26. The van der Waals surface area contributed by atoms with Gasteiger partial charge in [0, 0.05) is 24.2 Å². The molecule has 1 aromatic rings. The highest BCUT2D eigenvalue weighted by Gasteiger charge is 2.16. The first-order chi connectivity index (χ1) is 9.15. The zero-order valence-electron chi connectivity index (χ0n) is 10.5. The number of benzene rings is 1. The summed E-state index contributed by atoms with van der Waals surface area (Å²) in [5, 5.41) is 2.99. The van der Waals surface area contributed by atoms with Gasteiger partial charge in [0.15, 0.2) is 0 Å². The topological polar surface area (TPSA) is 64.3 Å². The molecule has 0 bridgehead atoms. The maximum absolute atomic E-state index is 13.4. The molecule has 0 aromatic heterocycles. The lowest BCUT2D eigenvalue weighted by molar-refractivity contribution is -0.113. The summed E-state index contributed by atoms with van der Waals surface area (Å²) in [5.41, 5.74) is 6.12. The summed E-state index contributed by atoms with van der Waals surface area (Å²) < 4.78 is 18.7. The maximum atomic E-state index is 13.4. The Bertz CT molecular complexity index is 450. The van der Waals surface area contributed by atoms with E-state index in [1.165, 1.54) is 18.2 Å². The van der Waals surface area contributed by atoms with Crippen LogP contribution < -0.4 is 11.1 Å². The Labute approximate surface area is 115 Å². The molecular formula is C13H17FN2O2S. The summed E-state index contributed by atoms with van der Waals surface area (Å²) in [6.45, 7) is 1.51. The van der Waals surface area contributed by atoms with Gasteiger partial charge in [-0.15, -0.1) is 11.8 Å². The van der Waals surface area contributed by atoms with E-state index in [0.717, 1.165) is 26.1 Å². The van der Waals surface area contributed by atoms with Gasteiger partial charge in [0.05, 0.1) is 11.4 Å². The number of thioether (sulfide) groups is 1. The highest BCUT2D eigenvalue weighted by Crippen LogP contribution is 2.23. The number of nitrogen functional groups attached to an aromatic ring is 1. The second-order valence-corrected chi connectivity index (χ2v) is 5.70. The van der Waals surface area contributed by atoms with E-state index in [1.807, 2.05) is 0 Å². The van der Waals surface area contributed by atoms with Crippen molar-refractivity contribution in [3.63, 3.8) is 0 Å². The van der Waals surface area contributed by atoms with Crippen LogP contribution >= 0.6 is 11.8 Å². The van der Waals surface area contributed by atoms with Crippen molar-refractivity contribution >= 4 is 29.0 Å². The molecule has 104 valence electrons. The Kier molecular flexibility index (Phi) is 5.04. The molecule has 1 saturated heterocycles. The van der Waals surface area contributed by atoms with Gasteiger partial charge in [0.2, 0.25) is 5.91 Å². The summed E-state index contributed by atoms with van der Waals surface area (Å²) in [5.74, 6) is -0.363. The average molecular weight is 284 g/mol. The Hall–Kier alpha value is -1.27. The highest BCUT2D eigenvalue weighted by atomic mass is 32.2. The summed E-state index contributed by atoms with van der Waals surface area (Å²) in [6.07, 6.45) is 1.93. The molecule has 0 aliphatic carbocycles. The molecule has 0 radical (unpaired) electrons. The predicted molar refractivity (Wildman–Crippen MR) is 75.7 cm³/mol. The van der Waals surface area contributed by atoms with Crippen molar-refractivity contribution in [3.05, 3.63) is 24.0 Å². The molecule has 1 fully saturated rings. The van der Waals surface area contributed by atoms with Gasteiger partial charge >= 0.3 is 0 Å². The van der Waals surface area contributed by atoms with E-state index in [4.69, 9.17) is 10.5 Å². The second-order valence-electron chi connectivity index (χ2n) is 4.41. The number of amides is 1. The lowest BCUT2D eigenvalue weighted by Crippen LogP contribution is -2.21. The van der Waals surface area contributed by atoms with Crippen molar-refractivity contribution in [2.45, 2.75) is 18.1 Å². The molecule has 0 spiro atoms. The van der Waals surface area contributed by atoms with Crippen LogP contribution in [0.2, 0.25) is 0 Å². The third kappa shape index (κ3) is 4.40. The van der Waals surface area contributed by atoms with Gasteiger partial charge in [-0.1, -0.05) is 0 Å². The molecule has 1 aliphatic heterocycles. The van der Waals surface area contributed by atoms with Gasteiger partial charge in [0.25, 0.3) is 0 Å². The van der Waals surface area contributed by atoms with Crippen molar-refractivity contribution in [2.75, 3.05) is 30.0 Å². The van der Waals surface area contributed by atoms with Crippen LogP contribution in [0, 0.1) is 5.82 Å². The van der Waals surface area contributed by atoms with Crippen LogP contribution in [0.5, 0.6) is 0 Å². The molecule has 2 rings (SSSR count). The smallest absolute Gasteiger partial charge is 0.234 e. The molecule has 1 aliphatic rings. The number of ether oxygens (including phenoxy) is 1. The van der Waals surface area contributed by atoms with Crippen LogP contribution in [0.1, 0.15) is 12.8 Å². The third-order valence-corrected chi connectivity index (χ3v) is 4.25. The molecular weight excluding hydrogens is 267 g/mol. The molecule has 0 unspecified atom stereocenters. The summed E-state index contributed by atoms with van der Waals surface area (Å²) >= 11 is 1.59. The molecule has 1 aromatic carbocycles. The van der Waals surface area contributed by atoms with E-state index in [9.17, 15) is 9.18 Å². The lowest BCUT2D eigenvalue weighted by Gasteiger charge is -2.21. The quantitative estimate of drug-likeness (QED) is 0.832. The Balaban J connectivity index is 1.81. The minimum atomic E-state index is -0.474. The molecule has 19 heavy (non-hydrogen) atoms. The fourth-order valence-electron chi connectivity index (χ4n) is 1.86. The van der Waals surface area contributed by atoms with Gasteiger partial charge in [-0.2, -0.15) is 0 Å². The van der Waals surface area contributed by atoms with Crippen molar-refractivity contribution in [1.29, 1.82) is 0 Å². The lowest BCUT2D eigenvalue weighted by atomic mass is 10.2. The number of hydrogen-bond acceptors (Lipinski definition) is 4. The Morgan fingerprint density at radius 2 is 2.21 bits per heavy atom. The van der Waals surface area contributed by atoms with Crippen LogP contribution in [0.15, 0.2) is 18.2 Å². The number of rotatable bonds is 4. The zero-order valence-corrected chi connectivity index (χ0v) is 11.3. The van der Waals surface area contributed by atoms with Gasteiger partial charge in [-0.25, -0.2) is 4.39 Å². The third-order valence-electron chi connectivity index (χ3n) is 2.88. The Morgan fingerprint density at radius 3 is 2.95 bits per heavy atom. The fourth-order valence-corrected chi connectivity index (χ4v) is 2.85. The van der Waals surface area contributed by atoms with Crippen molar-refractivity contribution in [2.24, 2.45) is 0 Å². The molecule has 0 atom stereocenters. The number of nitrogens with two attached hydrogens (primary N) is 1. The largest absolute Gasteiger partial charge is 0.399 e. The minimum Gasteiger partial charge on any atom is -0.399 e. The normalized spacial score (nSPS) is 16.3. The summed E-state index contributed by atoms with van der Waals surface area (Å²) in [7, 11) is 0. The van der Waals surface area contributed by atoms with Gasteiger partial charge < -0.3 is 15.8 Å². The number of carbonyl (C=O) groups excluding carboxylic acids is 1. The first kappa shape index (κ1) is 14.1. The van der Waals surface area contributed by atoms with Gasteiger partial charge in [0.1, 0.15) is 5.82 Å². The fraction of sp³-hybridized carbons (Fsp3) is 0.462. The minimum absolute atomic E-state index is 0.137. The van der Waals surface area contributed by atoms with E-state index in [-0.39, 0.29) is 11.6 Å². The highest BCUT2D eigenvalue weighted by molar-refractivity contribution is 8.00. The number of anilines is 2. The average Bonchev–Trinajstić information content (AvgIpc) is 2.42. The summed E-state index contributed by atoms with van der Waals surface area (Å²) in [6, 6.07) is 4.13. The first-order valence-electron chi connectivity index (χ1n) is 6.19. The van der Waals surface area contributed by atoms with Gasteiger partial charge in [-0.05, 0) is 31.0 Å². The number of hydrogen-bond donors (Lipinski definition) is 2. The number of halogens is 1. The molecule has 4 nitrogen and oxygen atoms in total. The van der Waals surface area contributed by atoms with Crippen LogP contribution in [-0.2, 0) is 9.53 Å². The van der Waals surface area contributed by atoms with Crippen LogP contribution in [0.4, 0.5) is 15.8 Å². The van der Waals surface area contributed by atoms with E-state index in [2.05, 4.69) is 5.32 Å². The van der Waals surface area contributed by atoms with E-state index >= 15 is 0 Å². The van der Waals surface area contributed by atoms with E-state index in [0.29, 0.717) is 16.7 Å². The zero-order chi connectivity index (χ0) is 13.7. The number of nitrogens with one attached hydrogen (secondary N) is 1. The number of carbonyl (C=O) groups is 1. The maximum Gasteiger partial charge on any atom is 0.234 e. The van der Waals surface area contributed by atoms with Crippen molar-refractivity contribution in [1.82, 2.24) is 0 Å². The van der Waals surface area contributed by atoms with Crippen LogP contribution in [0.25, 0.3) is 0 Å². The molecule has 1 amide bonds. The Morgan fingerprint density at radius 1 is 1.47 bits per heavy atom. The van der Waals surface area contributed by atoms with Crippen LogP contribution in [-0.4, -0.2) is 30.1 Å². The van der Waals surface area contributed by atoms with E-state index in [1.54, 1.807) is 11.8 Å². The van der Waals surface area contributed by atoms with Gasteiger partial charge in [-0.3, -0.25) is 4.79 Å². The SMILES string of the molecule is Nc1ccc(F)c(NC(=O)CSC2CCOCC2)c1. The molecule has 0 saturated carbocycles. The summed E-state index contributed by atoms with van der Waals surface area (Å²) in [4.78, 5) is 11.7. The monoisotopic (exact) mass is 284 g/mol. The van der Waals surface area contributed by atoms with Crippen molar-refractivity contribution < 1.29 is 13.9 Å². The molecule has 1 heterocycles. The van der Waals surface area contributed by atoms with Crippen molar-refractivity contribution in [3.8, 4) is 0 Å². The molecule has 3 N–H and O–H groups in total. The van der Waals surface area contributed by atoms with E-state index < -0.39 is 5.82 Å². The first-order valence-corrected chi connectivity index (χ1v) is 7.24. The second kappa shape index (κ2) is 6.77. The standard InChI is InChI=1S/C13H17FN2O2S/c14-11-2-1-9(15)7-12(11)16-13(17)8-19-10-3-5-18-6-4-10/h1-2,7,10H,3-6,8,15H2,(H,16,17). The van der Waals surface area contributed by atoms with Crippen LogP contribution in [0.3, 0.4) is 0 Å².